The van der Waals surface area contributed by atoms with Crippen molar-refractivity contribution in [3.63, 3.8) is 0 Å². The summed E-state index contributed by atoms with van der Waals surface area (Å²) in [6.45, 7) is 5.06. The third kappa shape index (κ3) is 2.15. The molecule has 0 aromatic carbocycles. The molecule has 0 fully saturated rings. The Kier molecular flexibility index (Phi) is 2.95. The zero-order valence-corrected chi connectivity index (χ0v) is 8.70. The number of hydrogen-bond donors (Lipinski definition) is 1. The van der Waals surface area contributed by atoms with Crippen molar-refractivity contribution in [2.75, 3.05) is 0 Å². The molecule has 1 amide bonds. The van der Waals surface area contributed by atoms with Gasteiger partial charge in [0.1, 0.15) is 5.69 Å². The predicted octanol–water partition coefficient (Wildman–Crippen LogP) is -0.0164. The van der Waals surface area contributed by atoms with Crippen molar-refractivity contribution < 1.29 is 4.79 Å². The van der Waals surface area contributed by atoms with Gasteiger partial charge in [-0.05, 0) is 13.8 Å². The largest absolute Gasteiger partial charge is 0.274 e. The fourth-order valence-electron chi connectivity index (χ4n) is 0.954. The number of amides is 1. The standard InChI is InChI=1S/C8H13N5O/c1-5(9-10-7(3)14)8-6(2)13(4)12-11-8/h1-4H3,(H,10,14). The smallest absolute Gasteiger partial charge is 0.236 e. The number of hydrazone groups is 1. The maximum atomic E-state index is 10.6. The van der Waals surface area contributed by atoms with Gasteiger partial charge in [0.15, 0.2) is 0 Å². The van der Waals surface area contributed by atoms with Gasteiger partial charge < -0.3 is 0 Å². The van der Waals surface area contributed by atoms with Crippen LogP contribution in [-0.4, -0.2) is 26.6 Å². The maximum absolute atomic E-state index is 10.6. The van der Waals surface area contributed by atoms with Gasteiger partial charge in [0, 0.05) is 14.0 Å². The van der Waals surface area contributed by atoms with Gasteiger partial charge in [0.05, 0.1) is 11.4 Å². The molecule has 1 heterocycles. The molecule has 6 heteroatoms. The molecular weight excluding hydrogens is 182 g/mol. The Morgan fingerprint density at radius 2 is 2.14 bits per heavy atom. The highest BCUT2D eigenvalue weighted by Crippen LogP contribution is 2.02. The van der Waals surface area contributed by atoms with Crippen LogP contribution in [0.2, 0.25) is 0 Å². The number of carbonyl (C=O) groups excluding carboxylic acids is 1. The lowest BCUT2D eigenvalue weighted by Crippen LogP contribution is -2.15. The molecule has 0 aliphatic heterocycles. The second kappa shape index (κ2) is 3.99. The molecular formula is C8H13N5O. The van der Waals surface area contributed by atoms with Crippen LogP contribution in [0.5, 0.6) is 0 Å². The Morgan fingerprint density at radius 3 is 2.57 bits per heavy atom. The second-order valence-corrected chi connectivity index (χ2v) is 3.01. The van der Waals surface area contributed by atoms with Crippen LogP contribution in [0.15, 0.2) is 5.10 Å². The second-order valence-electron chi connectivity index (χ2n) is 3.01. The third-order valence-electron chi connectivity index (χ3n) is 1.83. The first-order valence-electron chi connectivity index (χ1n) is 4.20. The highest BCUT2D eigenvalue weighted by Gasteiger charge is 2.08. The molecule has 6 nitrogen and oxygen atoms in total. The molecule has 76 valence electrons. The Labute approximate surface area is 82.0 Å². The topological polar surface area (TPSA) is 72.2 Å². The molecule has 0 spiro atoms. The molecule has 0 radical (unpaired) electrons. The minimum Gasteiger partial charge on any atom is -0.274 e. The van der Waals surface area contributed by atoms with Crippen LogP contribution in [0.1, 0.15) is 25.2 Å². The summed E-state index contributed by atoms with van der Waals surface area (Å²) >= 11 is 0. The van der Waals surface area contributed by atoms with Crippen LogP contribution >= 0.6 is 0 Å². The average molecular weight is 195 g/mol. The quantitative estimate of drug-likeness (QED) is 0.532. The first-order chi connectivity index (χ1) is 6.52. The fraction of sp³-hybridized carbons (Fsp3) is 0.500. The van der Waals surface area contributed by atoms with Crippen molar-refractivity contribution >= 4 is 11.6 Å². The van der Waals surface area contributed by atoms with Gasteiger partial charge in [0.2, 0.25) is 5.91 Å². The number of rotatable bonds is 2. The van der Waals surface area contributed by atoms with E-state index in [2.05, 4.69) is 20.8 Å². The Hall–Kier alpha value is -1.72. The lowest BCUT2D eigenvalue weighted by Gasteiger charge is -1.97. The normalized spacial score (nSPS) is 11.6. The fourth-order valence-corrected chi connectivity index (χ4v) is 0.954. The number of nitrogens with one attached hydrogen (secondary N) is 1. The number of aryl methyl sites for hydroxylation is 1. The van der Waals surface area contributed by atoms with E-state index in [9.17, 15) is 4.79 Å². The van der Waals surface area contributed by atoms with Gasteiger partial charge in [-0.2, -0.15) is 5.10 Å². The summed E-state index contributed by atoms with van der Waals surface area (Å²) in [6.07, 6.45) is 0. The van der Waals surface area contributed by atoms with Crippen LogP contribution in [0.4, 0.5) is 0 Å². The molecule has 0 bridgehead atoms. The monoisotopic (exact) mass is 195 g/mol. The summed E-state index contributed by atoms with van der Waals surface area (Å²) in [4.78, 5) is 10.6. The summed E-state index contributed by atoms with van der Waals surface area (Å²) in [6, 6.07) is 0. The number of aromatic nitrogens is 3. The number of carbonyl (C=O) groups is 1. The predicted molar refractivity (Wildman–Crippen MR) is 51.8 cm³/mol. The SMILES string of the molecule is CC(=O)NN=C(C)c1nnn(C)c1C. The van der Waals surface area contributed by atoms with Gasteiger partial charge in [-0.25, -0.2) is 5.43 Å². The van der Waals surface area contributed by atoms with Crippen LogP contribution in [0.25, 0.3) is 0 Å². The first kappa shape index (κ1) is 10.4. The molecule has 0 saturated heterocycles. The summed E-state index contributed by atoms with van der Waals surface area (Å²) in [5, 5.41) is 11.6. The third-order valence-corrected chi connectivity index (χ3v) is 1.83. The Bertz CT molecular complexity index is 379. The summed E-state index contributed by atoms with van der Waals surface area (Å²) in [7, 11) is 1.80. The van der Waals surface area contributed by atoms with E-state index < -0.39 is 0 Å². The van der Waals surface area contributed by atoms with Crippen molar-refractivity contribution in [3.8, 4) is 0 Å². The minimum absolute atomic E-state index is 0.203. The van der Waals surface area contributed by atoms with Gasteiger partial charge in [-0.15, -0.1) is 5.10 Å². The zero-order chi connectivity index (χ0) is 10.7. The molecule has 0 saturated carbocycles. The Morgan fingerprint density at radius 1 is 1.50 bits per heavy atom. The van der Waals surface area contributed by atoms with E-state index in [0.717, 1.165) is 5.69 Å². The molecule has 1 rings (SSSR count). The van der Waals surface area contributed by atoms with E-state index >= 15 is 0 Å². The van der Waals surface area contributed by atoms with E-state index in [4.69, 9.17) is 0 Å². The minimum atomic E-state index is -0.203. The first-order valence-corrected chi connectivity index (χ1v) is 4.20. The van der Waals surface area contributed by atoms with Crippen LogP contribution < -0.4 is 5.43 Å². The van der Waals surface area contributed by atoms with E-state index in [1.807, 2.05) is 6.92 Å². The highest BCUT2D eigenvalue weighted by atomic mass is 16.2. The maximum Gasteiger partial charge on any atom is 0.236 e. The average Bonchev–Trinajstić information content (AvgIpc) is 2.44. The summed E-state index contributed by atoms with van der Waals surface area (Å²) in [5.41, 5.74) is 4.61. The molecule has 0 aliphatic carbocycles. The number of nitrogens with zero attached hydrogens (tertiary/aromatic N) is 4. The number of hydrogen-bond acceptors (Lipinski definition) is 4. The molecule has 1 aromatic heterocycles. The highest BCUT2D eigenvalue weighted by molar-refractivity contribution is 5.98. The van der Waals surface area contributed by atoms with Gasteiger partial charge >= 0.3 is 0 Å². The Balaban J connectivity index is 2.89. The molecule has 14 heavy (non-hydrogen) atoms. The van der Waals surface area contributed by atoms with Crippen molar-refractivity contribution in [1.82, 2.24) is 20.4 Å². The van der Waals surface area contributed by atoms with Crippen molar-refractivity contribution in [1.29, 1.82) is 0 Å². The van der Waals surface area contributed by atoms with Crippen LogP contribution in [0, 0.1) is 6.92 Å². The lowest BCUT2D eigenvalue weighted by molar-refractivity contribution is -0.118. The molecule has 0 atom stereocenters. The zero-order valence-electron chi connectivity index (χ0n) is 8.70. The van der Waals surface area contributed by atoms with E-state index in [-0.39, 0.29) is 5.91 Å². The van der Waals surface area contributed by atoms with E-state index in [1.165, 1.54) is 6.92 Å². The summed E-state index contributed by atoms with van der Waals surface area (Å²) < 4.78 is 1.65. The van der Waals surface area contributed by atoms with Crippen LogP contribution in [0.3, 0.4) is 0 Å². The van der Waals surface area contributed by atoms with E-state index in [0.29, 0.717) is 11.4 Å². The van der Waals surface area contributed by atoms with Gasteiger partial charge in [-0.1, -0.05) is 5.21 Å². The van der Waals surface area contributed by atoms with Crippen molar-refractivity contribution in [2.24, 2.45) is 12.1 Å². The molecule has 1 aromatic rings. The van der Waals surface area contributed by atoms with Gasteiger partial charge in [-0.3, -0.25) is 9.48 Å². The molecule has 0 aliphatic rings. The van der Waals surface area contributed by atoms with Gasteiger partial charge in [0.25, 0.3) is 0 Å². The van der Waals surface area contributed by atoms with Crippen LogP contribution in [-0.2, 0) is 11.8 Å². The molecule has 1 N–H and O–H groups in total. The van der Waals surface area contributed by atoms with Crippen molar-refractivity contribution in [2.45, 2.75) is 20.8 Å². The summed E-state index contributed by atoms with van der Waals surface area (Å²) in [5.74, 6) is -0.203. The van der Waals surface area contributed by atoms with Crippen molar-refractivity contribution in [3.05, 3.63) is 11.4 Å². The van der Waals surface area contributed by atoms with E-state index in [1.54, 1.807) is 18.7 Å². The lowest BCUT2D eigenvalue weighted by atomic mass is 10.2. The molecule has 0 unspecified atom stereocenters.